The van der Waals surface area contributed by atoms with Crippen molar-refractivity contribution in [3.05, 3.63) is 28.9 Å². The van der Waals surface area contributed by atoms with Crippen molar-refractivity contribution < 1.29 is 18.6 Å². The third-order valence-electron chi connectivity index (χ3n) is 8.99. The van der Waals surface area contributed by atoms with Crippen LogP contribution in [0.5, 0.6) is 0 Å². The van der Waals surface area contributed by atoms with Gasteiger partial charge in [-0.05, 0) is 29.5 Å². The van der Waals surface area contributed by atoms with Gasteiger partial charge >= 0.3 is 0 Å². The Balaban J connectivity index is 0.000000228. The van der Waals surface area contributed by atoms with E-state index in [1.807, 2.05) is 52.8 Å². The van der Waals surface area contributed by atoms with Gasteiger partial charge < -0.3 is 35.5 Å². The molecule has 0 aliphatic carbocycles. The number of hydrogen-bond donors (Lipinski definition) is 4. The van der Waals surface area contributed by atoms with Gasteiger partial charge in [0.2, 0.25) is 11.2 Å². The number of hydrogen-bond acceptors (Lipinski definition) is 15. The van der Waals surface area contributed by atoms with Gasteiger partial charge in [0.1, 0.15) is 21.4 Å². The summed E-state index contributed by atoms with van der Waals surface area (Å²) in [5, 5.41) is 34.0. The Labute approximate surface area is 303 Å². The van der Waals surface area contributed by atoms with Crippen molar-refractivity contribution in [3.8, 4) is 0 Å². The number of rotatable bonds is 11. The number of aliphatic hydroxyl groups excluding tert-OH is 2. The lowest BCUT2D eigenvalue weighted by atomic mass is 10.1. The maximum absolute atomic E-state index is 12.6. The molecule has 0 radical (unpaired) electrons. The van der Waals surface area contributed by atoms with Crippen molar-refractivity contribution in [3.63, 3.8) is 0 Å². The summed E-state index contributed by atoms with van der Waals surface area (Å²) in [7, 11) is 1.76. The van der Waals surface area contributed by atoms with E-state index in [9.17, 15) is 18.6 Å². The molecule has 274 valence electrons. The quantitative estimate of drug-likeness (QED) is 0.209. The van der Waals surface area contributed by atoms with Crippen LogP contribution in [0.4, 0.5) is 29.1 Å². The van der Waals surface area contributed by atoms with Crippen LogP contribution in [-0.4, -0.2) is 126 Å². The highest BCUT2D eigenvalue weighted by Gasteiger charge is 2.31. The summed E-state index contributed by atoms with van der Waals surface area (Å²) >= 11 is 5.86. The second-order valence-corrected chi connectivity index (χ2v) is 16.7. The van der Waals surface area contributed by atoms with Crippen molar-refractivity contribution in [2.24, 2.45) is 11.8 Å². The number of piperazine rings is 1. The lowest BCUT2D eigenvalue weighted by Crippen LogP contribution is -2.47. The summed E-state index contributed by atoms with van der Waals surface area (Å²) in [4.78, 5) is 25.6. The summed E-state index contributed by atoms with van der Waals surface area (Å²) in [6, 6.07) is 1.71. The number of fused-ring (bicyclic) bond motifs is 2. The molecule has 15 nitrogen and oxygen atoms in total. The zero-order valence-corrected chi connectivity index (χ0v) is 31.9. The smallest absolute Gasteiger partial charge is 0.227 e. The lowest BCUT2D eigenvalue weighted by Gasteiger charge is -2.37. The molecule has 18 heteroatoms. The molecule has 6 heterocycles. The van der Waals surface area contributed by atoms with Gasteiger partial charge in [-0.25, -0.2) is 9.97 Å². The van der Waals surface area contributed by atoms with E-state index in [-0.39, 0.29) is 42.4 Å². The number of aromatic nitrogens is 6. The number of aryl methyl sites for hydroxylation is 2. The first-order valence-electron chi connectivity index (χ1n) is 16.9. The molecule has 3 aliphatic rings. The Hall–Kier alpha value is -3.25. The minimum atomic E-state index is -1.11. The van der Waals surface area contributed by atoms with E-state index in [4.69, 9.17) is 21.6 Å². The zero-order valence-electron chi connectivity index (χ0n) is 29.5. The summed E-state index contributed by atoms with van der Waals surface area (Å²) in [5.41, 5.74) is 2.67. The molecule has 4 atom stereocenters. The first kappa shape index (κ1) is 38.0. The van der Waals surface area contributed by atoms with Crippen LogP contribution < -0.4 is 25.3 Å². The normalized spacial score (nSPS) is 19.5. The number of nitrogens with zero attached hydrogens (tertiary/aromatic N) is 9. The molecule has 0 aromatic carbocycles. The Morgan fingerprint density at radius 1 is 0.820 bits per heavy atom. The summed E-state index contributed by atoms with van der Waals surface area (Å²) in [6.07, 6.45) is 3.07. The SMILES string of the molecule is CC(C)[C@H](CO)Nc1nc(Cl)nc2c1S(=O)CC2.CC(C)[C@H](CO)Nc1nc(N2CCN(c3ccnnc3N(C)C)CC2)nc2c1S(=O)CC2. The molecule has 4 N–H and O–H groups in total. The number of nitrogens with one attached hydrogen (secondary N) is 2. The van der Waals surface area contributed by atoms with Crippen molar-refractivity contribution in [2.45, 2.75) is 62.4 Å². The van der Waals surface area contributed by atoms with Gasteiger partial charge in [-0.1, -0.05) is 27.7 Å². The Morgan fingerprint density at radius 2 is 1.34 bits per heavy atom. The van der Waals surface area contributed by atoms with Gasteiger partial charge in [0.15, 0.2) is 5.82 Å². The van der Waals surface area contributed by atoms with Crippen LogP contribution in [0.2, 0.25) is 5.28 Å². The van der Waals surface area contributed by atoms with Crippen molar-refractivity contribution >= 4 is 62.3 Å². The fourth-order valence-corrected chi connectivity index (χ4v) is 8.73. The predicted octanol–water partition coefficient (Wildman–Crippen LogP) is 1.97. The molecular weight excluding hydrogens is 702 g/mol. The Morgan fingerprint density at radius 3 is 1.86 bits per heavy atom. The van der Waals surface area contributed by atoms with Crippen LogP contribution in [0.3, 0.4) is 0 Å². The first-order valence-corrected chi connectivity index (χ1v) is 19.9. The van der Waals surface area contributed by atoms with Crippen molar-refractivity contribution in [1.29, 1.82) is 0 Å². The highest BCUT2D eigenvalue weighted by Crippen LogP contribution is 2.33. The highest BCUT2D eigenvalue weighted by atomic mass is 35.5. The monoisotopic (exact) mass is 749 g/mol. The van der Waals surface area contributed by atoms with Gasteiger partial charge in [-0.2, -0.15) is 15.1 Å². The standard InChI is InChI=1S/C21H32N8O2S.C11H16ClN3O2S/c1-14(2)16(13-30)23-19-18-15(6-12-32(18)31)24-21(25-19)29-10-8-28(9-11-29)17-5-7-22-26-20(17)27(3)4;1-6(2)8(5-16)13-10-9-7(3-4-18(9)17)14-11(12)15-10/h5,7,14,16,30H,6,8-13H2,1-4H3,(H,23,24,25);6,8,16H,3-5H2,1-2H3,(H,13,14,15)/t16-,32?;8-,18?/m00/s1. The van der Waals surface area contributed by atoms with E-state index >= 15 is 0 Å². The molecule has 0 spiro atoms. The van der Waals surface area contributed by atoms with E-state index in [0.717, 1.165) is 49.1 Å². The number of halogens is 1. The Kier molecular flexibility index (Phi) is 12.8. The van der Waals surface area contributed by atoms with Crippen LogP contribution in [-0.2, 0) is 34.4 Å². The van der Waals surface area contributed by atoms with E-state index in [1.165, 1.54) is 0 Å². The summed E-state index contributed by atoms with van der Waals surface area (Å²) in [5.74, 6) is 4.19. The molecule has 6 rings (SSSR count). The van der Waals surface area contributed by atoms with Gasteiger partial charge in [-0.3, -0.25) is 8.42 Å². The molecule has 0 amide bonds. The topological polar surface area (TPSA) is 186 Å². The van der Waals surface area contributed by atoms with E-state index in [0.29, 0.717) is 51.7 Å². The van der Waals surface area contributed by atoms with Crippen molar-refractivity contribution in [2.75, 3.05) is 90.3 Å². The van der Waals surface area contributed by atoms with E-state index in [1.54, 1.807) is 6.20 Å². The average Bonchev–Trinajstić information content (AvgIpc) is 3.67. The molecule has 1 saturated heterocycles. The average molecular weight is 750 g/mol. The largest absolute Gasteiger partial charge is 0.394 e. The van der Waals surface area contributed by atoms with Crippen LogP contribution in [0.1, 0.15) is 39.1 Å². The van der Waals surface area contributed by atoms with Crippen LogP contribution >= 0.6 is 11.6 Å². The third kappa shape index (κ3) is 8.61. The number of aliphatic hydroxyl groups is 2. The van der Waals surface area contributed by atoms with Crippen LogP contribution in [0.15, 0.2) is 22.1 Å². The maximum Gasteiger partial charge on any atom is 0.227 e. The molecule has 3 aliphatic heterocycles. The van der Waals surface area contributed by atoms with Gasteiger partial charge in [0, 0.05) is 64.6 Å². The van der Waals surface area contributed by atoms with Gasteiger partial charge in [0.25, 0.3) is 0 Å². The minimum absolute atomic E-state index is 0.00867. The second kappa shape index (κ2) is 16.8. The maximum atomic E-state index is 12.6. The fourth-order valence-electron chi connectivity index (χ4n) is 5.92. The molecule has 50 heavy (non-hydrogen) atoms. The van der Waals surface area contributed by atoms with Crippen LogP contribution in [0, 0.1) is 11.8 Å². The fraction of sp³-hybridized carbons (Fsp3) is 0.625. The van der Waals surface area contributed by atoms with Crippen molar-refractivity contribution in [1.82, 2.24) is 30.1 Å². The predicted molar refractivity (Wildman–Crippen MR) is 198 cm³/mol. The minimum Gasteiger partial charge on any atom is -0.394 e. The van der Waals surface area contributed by atoms with E-state index in [2.05, 4.69) is 40.6 Å². The molecule has 3 aromatic rings. The molecule has 2 unspecified atom stereocenters. The molecule has 3 aromatic heterocycles. The second-order valence-electron chi connectivity index (χ2n) is 13.3. The zero-order chi connectivity index (χ0) is 36.1. The molecule has 0 bridgehead atoms. The lowest BCUT2D eigenvalue weighted by molar-refractivity contribution is 0.248. The molecule has 1 fully saturated rings. The highest BCUT2D eigenvalue weighted by molar-refractivity contribution is 7.85. The Bertz CT molecular complexity index is 1690. The summed E-state index contributed by atoms with van der Waals surface area (Å²) < 4.78 is 24.5. The number of anilines is 5. The van der Waals surface area contributed by atoms with E-state index < -0.39 is 21.6 Å². The van der Waals surface area contributed by atoms with Gasteiger partial charge in [-0.15, -0.1) is 5.10 Å². The third-order valence-corrected chi connectivity index (χ3v) is 12.1. The first-order chi connectivity index (χ1) is 23.9. The van der Waals surface area contributed by atoms with Gasteiger partial charge in [0.05, 0.1) is 70.2 Å². The molecular formula is C32H48ClN11O4S2. The summed E-state index contributed by atoms with van der Waals surface area (Å²) in [6.45, 7) is 11.2. The van der Waals surface area contributed by atoms with Crippen LogP contribution in [0.25, 0.3) is 0 Å². The molecule has 0 saturated carbocycles.